The van der Waals surface area contributed by atoms with Gasteiger partial charge in [0, 0.05) is 24.4 Å². The van der Waals surface area contributed by atoms with Gasteiger partial charge in [0.05, 0.1) is 32.0 Å². The van der Waals surface area contributed by atoms with Crippen LogP contribution in [0.1, 0.15) is 57.1 Å². The molecule has 1 aliphatic heterocycles. The van der Waals surface area contributed by atoms with E-state index in [9.17, 15) is 14.0 Å². The zero-order valence-corrected chi connectivity index (χ0v) is 20.8. The van der Waals surface area contributed by atoms with Crippen LogP contribution in [0.4, 0.5) is 18.9 Å². The summed E-state index contributed by atoms with van der Waals surface area (Å²) in [4.78, 5) is 24.7. The number of anilines is 1. The van der Waals surface area contributed by atoms with Gasteiger partial charge in [-0.3, -0.25) is 9.59 Å². The third-order valence-electron chi connectivity index (χ3n) is 6.05. The molecule has 2 aromatic rings. The molecule has 1 N–H and O–H groups in total. The summed E-state index contributed by atoms with van der Waals surface area (Å²) in [6, 6.07) is 6.86. The highest BCUT2D eigenvalue weighted by Crippen LogP contribution is 2.39. The number of methoxy groups -OCH3 is 2. The predicted molar refractivity (Wildman–Crippen MR) is 130 cm³/mol. The lowest BCUT2D eigenvalue weighted by Crippen LogP contribution is -2.37. The first kappa shape index (κ1) is 27.0. The Bertz CT molecular complexity index is 1150. The van der Waals surface area contributed by atoms with Crippen molar-refractivity contribution >= 4 is 23.2 Å². The third-order valence-corrected chi connectivity index (χ3v) is 6.05. The number of carbonyl (C=O) groups excluding carboxylic acids is 2. The maximum Gasteiger partial charge on any atom is 0.243 e. The van der Waals surface area contributed by atoms with Crippen LogP contribution in [0, 0.1) is 23.4 Å². The van der Waals surface area contributed by atoms with E-state index >= 15 is 8.78 Å². The number of hydrogen-bond acceptors (Lipinski definition) is 5. The Labute approximate surface area is 208 Å². The number of benzene rings is 2. The van der Waals surface area contributed by atoms with Gasteiger partial charge in [-0.1, -0.05) is 32.4 Å². The van der Waals surface area contributed by atoms with Crippen LogP contribution in [0.3, 0.4) is 0 Å². The van der Waals surface area contributed by atoms with E-state index in [1.807, 2.05) is 6.92 Å². The second-order valence-corrected chi connectivity index (χ2v) is 8.48. The largest absolute Gasteiger partial charge is 0.490 e. The number of rotatable bonds is 10. The van der Waals surface area contributed by atoms with Crippen LogP contribution >= 0.6 is 0 Å². The Hall–Kier alpha value is -3.56. The summed E-state index contributed by atoms with van der Waals surface area (Å²) in [5.41, 5.74) is 0.545. The monoisotopic (exact) mass is 505 g/mol. The van der Waals surface area contributed by atoms with Crippen molar-refractivity contribution < 1.29 is 32.2 Å². The highest BCUT2D eigenvalue weighted by Gasteiger charge is 2.36. The average molecular weight is 506 g/mol. The molecule has 1 unspecified atom stereocenters. The number of hydrogen-bond donors (Lipinski definition) is 1. The Morgan fingerprint density at radius 3 is 2.28 bits per heavy atom. The summed E-state index contributed by atoms with van der Waals surface area (Å²) >= 11 is 0. The molecule has 3 rings (SSSR count). The molecule has 10 heteroatoms. The number of amides is 2. The van der Waals surface area contributed by atoms with Crippen molar-refractivity contribution in [2.24, 2.45) is 11.0 Å². The van der Waals surface area contributed by atoms with Gasteiger partial charge in [-0.15, -0.1) is 0 Å². The fourth-order valence-electron chi connectivity index (χ4n) is 4.03. The lowest BCUT2D eigenvalue weighted by molar-refractivity contribution is -0.133. The third kappa shape index (κ3) is 5.63. The number of halogens is 3. The summed E-state index contributed by atoms with van der Waals surface area (Å²) < 4.78 is 54.7. The Balaban J connectivity index is 1.92. The van der Waals surface area contributed by atoms with Crippen LogP contribution in [0.15, 0.2) is 29.4 Å². The normalized spacial score (nSPS) is 15.5. The van der Waals surface area contributed by atoms with E-state index in [1.165, 1.54) is 0 Å². The van der Waals surface area contributed by atoms with Crippen LogP contribution < -0.4 is 14.8 Å². The van der Waals surface area contributed by atoms with Crippen molar-refractivity contribution in [3.05, 3.63) is 52.8 Å². The average Bonchev–Trinajstić information content (AvgIpc) is 2.87. The predicted octanol–water partition coefficient (Wildman–Crippen LogP) is 5.41. The smallest absolute Gasteiger partial charge is 0.243 e. The number of unbranched alkanes of at least 4 members (excludes halogenated alkanes) is 1. The summed E-state index contributed by atoms with van der Waals surface area (Å²) in [5, 5.41) is 8.19. The Kier molecular flexibility index (Phi) is 8.95. The number of hydrazone groups is 1. The fourth-order valence-corrected chi connectivity index (χ4v) is 4.03. The minimum Gasteiger partial charge on any atom is -0.490 e. The maximum absolute atomic E-state index is 15.3. The maximum atomic E-state index is 15.3. The minimum atomic E-state index is -1.46. The Morgan fingerprint density at radius 2 is 1.69 bits per heavy atom. The number of ether oxygens (including phenoxy) is 2. The molecule has 1 aliphatic rings. The standard InChI is InChI=1S/C26H30F3N3O4/c1-5-7-8-18(33)30-17-11-9-15(10-12-17)14-32-19(34)13-16(6-2)24(31-32)20-21(27)23(29)26(36-4)25(35-3)22(20)28/h9-12,16H,5-8,13-14H2,1-4H3,(H,30,33). The van der Waals surface area contributed by atoms with E-state index < -0.39 is 40.4 Å². The van der Waals surface area contributed by atoms with Crippen molar-refractivity contribution in [2.45, 2.75) is 52.5 Å². The highest BCUT2D eigenvalue weighted by atomic mass is 19.2. The van der Waals surface area contributed by atoms with Gasteiger partial charge >= 0.3 is 0 Å². The van der Waals surface area contributed by atoms with Gasteiger partial charge in [-0.25, -0.2) is 13.8 Å². The minimum absolute atomic E-state index is 0.0296. The van der Waals surface area contributed by atoms with Gasteiger partial charge < -0.3 is 14.8 Å². The van der Waals surface area contributed by atoms with Gasteiger partial charge in [-0.2, -0.15) is 9.49 Å². The molecule has 0 bridgehead atoms. The fraction of sp³-hybridized carbons (Fsp3) is 0.423. The van der Waals surface area contributed by atoms with E-state index in [1.54, 1.807) is 31.2 Å². The molecule has 2 aromatic carbocycles. The zero-order chi connectivity index (χ0) is 26.4. The molecule has 7 nitrogen and oxygen atoms in total. The van der Waals surface area contributed by atoms with Crippen LogP contribution in [-0.4, -0.2) is 36.8 Å². The molecule has 0 saturated heterocycles. The second-order valence-electron chi connectivity index (χ2n) is 8.48. The zero-order valence-electron chi connectivity index (χ0n) is 20.8. The molecule has 0 fully saturated rings. The van der Waals surface area contributed by atoms with Gasteiger partial charge in [-0.05, 0) is 30.5 Å². The molecule has 1 heterocycles. The lowest BCUT2D eigenvalue weighted by atomic mass is 9.89. The quantitative estimate of drug-likeness (QED) is 0.438. The molecule has 0 radical (unpaired) electrons. The van der Waals surface area contributed by atoms with Crippen molar-refractivity contribution in [1.82, 2.24) is 5.01 Å². The van der Waals surface area contributed by atoms with E-state index in [-0.39, 0.29) is 30.5 Å². The second kappa shape index (κ2) is 11.9. The van der Waals surface area contributed by atoms with Gasteiger partial charge in [0.25, 0.3) is 0 Å². The van der Waals surface area contributed by atoms with E-state index in [2.05, 4.69) is 10.4 Å². The summed E-state index contributed by atoms with van der Waals surface area (Å²) in [5.74, 6) is -6.30. The van der Waals surface area contributed by atoms with Gasteiger partial charge in [0.2, 0.25) is 29.1 Å². The molecule has 36 heavy (non-hydrogen) atoms. The molecular formula is C26H30F3N3O4. The van der Waals surface area contributed by atoms with E-state index in [0.29, 0.717) is 24.1 Å². The summed E-state index contributed by atoms with van der Waals surface area (Å²) in [6.07, 6.45) is 2.46. The molecule has 194 valence electrons. The molecule has 1 atom stereocenters. The van der Waals surface area contributed by atoms with Crippen LogP contribution in [0.25, 0.3) is 0 Å². The summed E-state index contributed by atoms with van der Waals surface area (Å²) in [7, 11) is 2.20. The highest BCUT2D eigenvalue weighted by molar-refractivity contribution is 6.06. The molecular weight excluding hydrogens is 475 g/mol. The number of carbonyl (C=O) groups is 2. The SMILES string of the molecule is CCCCC(=O)Nc1ccc(CN2N=C(c3c(F)c(F)c(OC)c(OC)c3F)C(CC)CC2=O)cc1. The van der Waals surface area contributed by atoms with Crippen molar-refractivity contribution in [2.75, 3.05) is 19.5 Å². The van der Waals surface area contributed by atoms with Crippen LogP contribution in [-0.2, 0) is 16.1 Å². The molecule has 2 amide bonds. The van der Waals surface area contributed by atoms with Crippen LogP contribution in [0.5, 0.6) is 11.5 Å². The van der Waals surface area contributed by atoms with E-state index in [4.69, 9.17) is 9.47 Å². The van der Waals surface area contributed by atoms with E-state index in [0.717, 1.165) is 32.1 Å². The first-order chi connectivity index (χ1) is 17.2. The molecule has 0 saturated carbocycles. The van der Waals surface area contributed by atoms with Crippen molar-refractivity contribution in [3.63, 3.8) is 0 Å². The summed E-state index contributed by atoms with van der Waals surface area (Å²) in [6.45, 7) is 3.79. The van der Waals surface area contributed by atoms with Crippen molar-refractivity contribution in [1.29, 1.82) is 0 Å². The molecule has 0 aliphatic carbocycles. The number of nitrogens with one attached hydrogen (secondary N) is 1. The van der Waals surface area contributed by atoms with Gasteiger partial charge in [0.1, 0.15) is 0 Å². The van der Waals surface area contributed by atoms with Crippen LogP contribution in [0.2, 0.25) is 0 Å². The Morgan fingerprint density at radius 1 is 1.06 bits per heavy atom. The lowest BCUT2D eigenvalue weighted by Gasteiger charge is -2.30. The van der Waals surface area contributed by atoms with Crippen molar-refractivity contribution in [3.8, 4) is 11.5 Å². The van der Waals surface area contributed by atoms with Gasteiger partial charge in [0.15, 0.2) is 11.6 Å². The number of nitrogens with zero attached hydrogens (tertiary/aromatic N) is 2. The topological polar surface area (TPSA) is 80.2 Å². The molecule has 0 aromatic heterocycles. The first-order valence-electron chi connectivity index (χ1n) is 11.8. The first-order valence-corrected chi connectivity index (χ1v) is 11.8. The molecule has 0 spiro atoms.